The summed E-state index contributed by atoms with van der Waals surface area (Å²) >= 11 is 0. The minimum Gasteiger partial charge on any atom is -0.381 e. The molecular weight excluding hydrogens is 304 g/mol. The summed E-state index contributed by atoms with van der Waals surface area (Å²) in [4.78, 5) is 19.4. The van der Waals surface area contributed by atoms with Crippen LogP contribution in [0, 0.1) is 5.92 Å². The number of carbonyl (C=O) groups excluding carboxylic acids is 1. The molecule has 6 nitrogen and oxygen atoms in total. The van der Waals surface area contributed by atoms with E-state index in [4.69, 9.17) is 9.72 Å². The number of fused-ring (bicyclic) bond motifs is 1. The molecule has 132 valence electrons. The van der Waals surface area contributed by atoms with Crippen molar-refractivity contribution in [2.75, 3.05) is 26.3 Å². The highest BCUT2D eigenvalue weighted by molar-refractivity contribution is 5.78. The lowest BCUT2D eigenvalue weighted by atomic mass is 10.0. The lowest BCUT2D eigenvalue weighted by Gasteiger charge is -2.41. The average Bonchev–Trinajstić information content (AvgIpc) is 3.33. The number of ether oxygens (including phenoxy) is 1. The normalized spacial score (nSPS) is 25.5. The Labute approximate surface area is 143 Å². The molecule has 3 heterocycles. The van der Waals surface area contributed by atoms with Gasteiger partial charge in [-0.05, 0) is 38.5 Å². The molecule has 1 aromatic heterocycles. The summed E-state index contributed by atoms with van der Waals surface area (Å²) in [7, 11) is 0. The van der Waals surface area contributed by atoms with E-state index in [1.165, 1.54) is 12.8 Å². The summed E-state index contributed by atoms with van der Waals surface area (Å²) in [5.41, 5.74) is 0.902. The molecule has 3 aliphatic rings. The van der Waals surface area contributed by atoms with Crippen LogP contribution in [0.2, 0.25) is 0 Å². The van der Waals surface area contributed by atoms with E-state index in [9.17, 15) is 4.79 Å². The molecule has 0 spiro atoms. The molecule has 1 N–H and O–H groups in total. The van der Waals surface area contributed by atoms with Gasteiger partial charge >= 0.3 is 0 Å². The van der Waals surface area contributed by atoms with Gasteiger partial charge in [0.25, 0.3) is 0 Å². The zero-order valence-electron chi connectivity index (χ0n) is 14.5. The van der Waals surface area contributed by atoms with Crippen LogP contribution in [0.3, 0.4) is 0 Å². The number of hydrogen-bond acceptors (Lipinski definition) is 4. The monoisotopic (exact) mass is 332 g/mol. The first-order valence-electron chi connectivity index (χ1n) is 9.37. The van der Waals surface area contributed by atoms with Gasteiger partial charge in [-0.1, -0.05) is 0 Å². The van der Waals surface area contributed by atoms with Crippen LogP contribution in [0.25, 0.3) is 0 Å². The highest BCUT2D eigenvalue weighted by Gasteiger charge is 2.32. The van der Waals surface area contributed by atoms with Crippen LogP contribution in [0.4, 0.5) is 0 Å². The van der Waals surface area contributed by atoms with Crippen LogP contribution < -0.4 is 5.32 Å². The third kappa shape index (κ3) is 3.49. The number of imidazole rings is 1. The molecule has 0 bridgehead atoms. The van der Waals surface area contributed by atoms with Crippen LogP contribution >= 0.6 is 0 Å². The van der Waals surface area contributed by atoms with Crippen molar-refractivity contribution in [3.8, 4) is 0 Å². The van der Waals surface area contributed by atoms with E-state index in [-0.39, 0.29) is 5.91 Å². The van der Waals surface area contributed by atoms with Crippen LogP contribution in [0.1, 0.15) is 50.2 Å². The summed E-state index contributed by atoms with van der Waals surface area (Å²) in [6.45, 7) is 6.84. The number of nitrogens with one attached hydrogen (secondary N) is 1. The predicted molar refractivity (Wildman–Crippen MR) is 90.6 cm³/mol. The predicted octanol–water partition coefficient (Wildman–Crippen LogP) is 1.51. The quantitative estimate of drug-likeness (QED) is 0.888. The fraction of sp³-hybridized carbons (Fsp3) is 0.778. The highest BCUT2D eigenvalue weighted by Crippen LogP contribution is 2.30. The molecule has 1 saturated heterocycles. The van der Waals surface area contributed by atoms with Gasteiger partial charge in [0.1, 0.15) is 5.82 Å². The van der Waals surface area contributed by atoms with E-state index in [2.05, 4.69) is 27.9 Å². The first-order chi connectivity index (χ1) is 11.7. The van der Waals surface area contributed by atoms with E-state index >= 15 is 0 Å². The van der Waals surface area contributed by atoms with Gasteiger partial charge in [0.2, 0.25) is 5.91 Å². The van der Waals surface area contributed by atoms with Gasteiger partial charge in [-0.2, -0.15) is 0 Å². The maximum atomic E-state index is 12.1. The topological polar surface area (TPSA) is 59.4 Å². The van der Waals surface area contributed by atoms with E-state index < -0.39 is 0 Å². The third-order valence-corrected chi connectivity index (χ3v) is 5.61. The minimum atomic E-state index is 0.103. The molecule has 1 unspecified atom stereocenters. The van der Waals surface area contributed by atoms with Crippen LogP contribution in [-0.4, -0.2) is 52.7 Å². The van der Waals surface area contributed by atoms with Crippen molar-refractivity contribution in [3.05, 3.63) is 17.7 Å². The Balaban J connectivity index is 1.39. The highest BCUT2D eigenvalue weighted by atomic mass is 16.5. The van der Waals surface area contributed by atoms with Crippen LogP contribution in [0.15, 0.2) is 6.20 Å². The number of rotatable bonds is 5. The van der Waals surface area contributed by atoms with Crippen molar-refractivity contribution in [3.63, 3.8) is 0 Å². The van der Waals surface area contributed by atoms with Crippen LogP contribution in [0.5, 0.6) is 0 Å². The molecule has 1 aromatic rings. The SMILES string of the molecule is CC1c2nc(CC(=O)NCC3CC3)cn2CCN1C1CCOCC1. The second kappa shape index (κ2) is 6.84. The second-order valence-corrected chi connectivity index (χ2v) is 7.47. The first kappa shape index (κ1) is 16.1. The van der Waals surface area contributed by atoms with E-state index in [1.54, 1.807) is 0 Å². The van der Waals surface area contributed by atoms with Crippen molar-refractivity contribution < 1.29 is 9.53 Å². The zero-order chi connectivity index (χ0) is 16.5. The van der Waals surface area contributed by atoms with Gasteiger partial charge < -0.3 is 14.6 Å². The van der Waals surface area contributed by atoms with Gasteiger partial charge in [0.15, 0.2) is 0 Å². The van der Waals surface area contributed by atoms with E-state index in [1.807, 2.05) is 0 Å². The summed E-state index contributed by atoms with van der Waals surface area (Å²) in [5, 5.41) is 3.03. The Morgan fingerprint density at radius 1 is 1.29 bits per heavy atom. The zero-order valence-corrected chi connectivity index (χ0v) is 14.5. The largest absolute Gasteiger partial charge is 0.381 e. The summed E-state index contributed by atoms with van der Waals surface area (Å²) in [6.07, 6.45) is 7.22. The Bertz CT molecular complexity index is 590. The van der Waals surface area contributed by atoms with Gasteiger partial charge in [-0.15, -0.1) is 0 Å². The molecule has 1 atom stereocenters. The van der Waals surface area contributed by atoms with Gasteiger partial charge in [0, 0.05) is 45.1 Å². The van der Waals surface area contributed by atoms with Gasteiger partial charge in [-0.25, -0.2) is 4.98 Å². The lowest BCUT2D eigenvalue weighted by Crippen LogP contribution is -2.45. The number of amides is 1. The molecule has 1 aliphatic carbocycles. The van der Waals surface area contributed by atoms with Gasteiger partial charge in [-0.3, -0.25) is 9.69 Å². The molecule has 0 radical (unpaired) electrons. The summed E-state index contributed by atoms with van der Waals surface area (Å²) < 4.78 is 7.74. The van der Waals surface area contributed by atoms with Crippen molar-refractivity contribution in [2.45, 2.75) is 57.7 Å². The smallest absolute Gasteiger partial charge is 0.226 e. The lowest BCUT2D eigenvalue weighted by molar-refractivity contribution is -0.120. The van der Waals surface area contributed by atoms with Gasteiger partial charge in [0.05, 0.1) is 18.2 Å². The van der Waals surface area contributed by atoms with Crippen LogP contribution in [-0.2, 0) is 22.5 Å². The number of carbonyl (C=O) groups is 1. The summed E-state index contributed by atoms with van der Waals surface area (Å²) in [5.74, 6) is 1.93. The Morgan fingerprint density at radius 2 is 2.08 bits per heavy atom. The first-order valence-corrected chi connectivity index (χ1v) is 9.37. The number of hydrogen-bond donors (Lipinski definition) is 1. The van der Waals surface area contributed by atoms with Crippen molar-refractivity contribution in [2.24, 2.45) is 5.92 Å². The molecule has 1 amide bonds. The van der Waals surface area contributed by atoms with E-state index in [0.29, 0.717) is 18.5 Å². The molecule has 6 heteroatoms. The molecule has 2 fully saturated rings. The Kier molecular flexibility index (Phi) is 4.59. The molecule has 2 aliphatic heterocycles. The minimum absolute atomic E-state index is 0.103. The van der Waals surface area contributed by atoms with Crippen molar-refractivity contribution >= 4 is 5.91 Å². The fourth-order valence-corrected chi connectivity index (χ4v) is 3.97. The summed E-state index contributed by atoms with van der Waals surface area (Å²) in [6, 6.07) is 0.912. The van der Waals surface area contributed by atoms with Crippen molar-refractivity contribution in [1.29, 1.82) is 0 Å². The molecule has 1 saturated carbocycles. The standard InChI is InChI=1S/C18H28N4O2/c1-13-18-20-15(10-17(23)19-11-14-2-3-14)12-21(18)6-7-22(13)16-4-8-24-9-5-16/h12-14,16H,2-11H2,1H3,(H,19,23). The van der Waals surface area contributed by atoms with E-state index in [0.717, 1.165) is 63.1 Å². The Morgan fingerprint density at radius 3 is 2.83 bits per heavy atom. The number of nitrogens with zero attached hydrogens (tertiary/aromatic N) is 3. The molecule has 4 rings (SSSR count). The third-order valence-electron chi connectivity index (χ3n) is 5.61. The second-order valence-electron chi connectivity index (χ2n) is 7.47. The number of aromatic nitrogens is 2. The Hall–Kier alpha value is -1.40. The average molecular weight is 332 g/mol. The maximum absolute atomic E-state index is 12.1. The molecule has 0 aromatic carbocycles. The molecular formula is C18H28N4O2. The fourth-order valence-electron chi connectivity index (χ4n) is 3.97. The van der Waals surface area contributed by atoms with Crippen molar-refractivity contribution in [1.82, 2.24) is 19.8 Å². The maximum Gasteiger partial charge on any atom is 0.226 e. The molecule has 24 heavy (non-hydrogen) atoms.